The number of halogens is 2. The Balaban J connectivity index is 2.63. The van der Waals surface area contributed by atoms with Crippen LogP contribution in [-0.2, 0) is 0 Å². The van der Waals surface area contributed by atoms with Gasteiger partial charge < -0.3 is 10.0 Å². The fraction of sp³-hybridized carbons (Fsp3) is 0. The zero-order chi connectivity index (χ0) is 12.4. The quantitative estimate of drug-likeness (QED) is 0.639. The van der Waals surface area contributed by atoms with Crippen molar-refractivity contribution in [3.63, 3.8) is 0 Å². The molecule has 0 saturated carbocycles. The van der Waals surface area contributed by atoms with E-state index in [2.05, 4.69) is 22.6 Å². The van der Waals surface area contributed by atoms with Gasteiger partial charge in [0.15, 0.2) is 0 Å². The summed E-state index contributed by atoms with van der Waals surface area (Å²) in [6.07, 6.45) is 0. The van der Waals surface area contributed by atoms with Gasteiger partial charge in [0.1, 0.15) is 0 Å². The Morgan fingerprint density at radius 1 is 1.06 bits per heavy atom. The van der Waals surface area contributed by atoms with Crippen molar-refractivity contribution in [1.82, 2.24) is 0 Å². The predicted octanol–water partition coefficient (Wildman–Crippen LogP) is 2.29. The van der Waals surface area contributed by atoms with Gasteiger partial charge in [-0.05, 0) is 51.3 Å². The molecule has 0 fully saturated rings. The van der Waals surface area contributed by atoms with E-state index in [1.807, 2.05) is 36.4 Å². The topological polar surface area (TPSA) is 40.5 Å². The highest BCUT2D eigenvalue weighted by atomic mass is 127. The van der Waals surface area contributed by atoms with Gasteiger partial charge in [-0.15, -0.1) is 0 Å². The summed E-state index contributed by atoms with van der Waals surface area (Å²) in [5.74, 6) is 0. The molecule has 0 spiro atoms. The first kappa shape index (κ1) is 12.9. The van der Waals surface area contributed by atoms with Crippen LogP contribution in [0.25, 0.3) is 11.1 Å². The molecule has 5 heteroatoms. The number of benzene rings is 2. The minimum Gasteiger partial charge on any atom is -0.423 e. The third kappa shape index (κ3) is 2.82. The SMILES string of the molecule is OB(O)c1cc(Cl)cc(-c2ccccc2)c1I. The lowest BCUT2D eigenvalue weighted by Crippen LogP contribution is -2.32. The van der Waals surface area contributed by atoms with Crippen LogP contribution in [0.2, 0.25) is 5.02 Å². The lowest BCUT2D eigenvalue weighted by Gasteiger charge is -2.10. The summed E-state index contributed by atoms with van der Waals surface area (Å²) in [5, 5.41) is 19.1. The van der Waals surface area contributed by atoms with Crippen LogP contribution in [-0.4, -0.2) is 17.2 Å². The first-order valence-electron chi connectivity index (χ1n) is 5.00. The molecule has 17 heavy (non-hydrogen) atoms. The number of hydrogen-bond acceptors (Lipinski definition) is 2. The Kier molecular flexibility index (Phi) is 4.09. The Labute approximate surface area is 119 Å². The van der Waals surface area contributed by atoms with Gasteiger partial charge in [0, 0.05) is 8.59 Å². The first-order valence-corrected chi connectivity index (χ1v) is 6.46. The van der Waals surface area contributed by atoms with Gasteiger partial charge in [0.25, 0.3) is 0 Å². The van der Waals surface area contributed by atoms with E-state index < -0.39 is 7.12 Å². The summed E-state index contributed by atoms with van der Waals surface area (Å²) in [6.45, 7) is 0. The van der Waals surface area contributed by atoms with Crippen molar-refractivity contribution in [2.75, 3.05) is 0 Å². The molecule has 2 rings (SSSR count). The number of hydrogen-bond donors (Lipinski definition) is 2. The third-order valence-corrected chi connectivity index (χ3v) is 3.85. The molecule has 2 nitrogen and oxygen atoms in total. The van der Waals surface area contributed by atoms with Crippen LogP contribution in [0.5, 0.6) is 0 Å². The van der Waals surface area contributed by atoms with Gasteiger partial charge >= 0.3 is 7.12 Å². The smallest absolute Gasteiger partial charge is 0.423 e. The second-order valence-corrected chi connectivity index (χ2v) is 5.11. The summed E-state index contributed by atoms with van der Waals surface area (Å²) in [4.78, 5) is 0. The summed E-state index contributed by atoms with van der Waals surface area (Å²) < 4.78 is 0.799. The second kappa shape index (κ2) is 5.39. The van der Waals surface area contributed by atoms with Crippen LogP contribution < -0.4 is 5.46 Å². The van der Waals surface area contributed by atoms with E-state index in [0.717, 1.165) is 14.7 Å². The average Bonchev–Trinajstić information content (AvgIpc) is 2.32. The Morgan fingerprint density at radius 2 is 1.71 bits per heavy atom. The second-order valence-electron chi connectivity index (χ2n) is 3.60. The summed E-state index contributed by atoms with van der Waals surface area (Å²) in [7, 11) is -1.51. The number of rotatable bonds is 2. The zero-order valence-corrected chi connectivity index (χ0v) is 11.7. The largest absolute Gasteiger partial charge is 0.489 e. The van der Waals surface area contributed by atoms with E-state index in [1.165, 1.54) is 0 Å². The van der Waals surface area contributed by atoms with Crippen LogP contribution in [0.4, 0.5) is 0 Å². The highest BCUT2D eigenvalue weighted by Gasteiger charge is 2.18. The molecule has 2 N–H and O–H groups in total. The minimum atomic E-state index is -1.51. The maximum atomic E-state index is 9.29. The average molecular weight is 358 g/mol. The van der Waals surface area contributed by atoms with Crippen molar-refractivity contribution in [2.24, 2.45) is 0 Å². The standard InChI is InChI=1S/C12H9BClIO2/c14-9-6-10(8-4-2-1-3-5-8)12(15)11(7-9)13(16)17/h1-7,16-17H. The van der Waals surface area contributed by atoms with Crippen LogP contribution >= 0.6 is 34.2 Å². The molecule has 0 atom stereocenters. The van der Waals surface area contributed by atoms with Crippen molar-refractivity contribution in [2.45, 2.75) is 0 Å². The molecular weight excluding hydrogens is 349 g/mol. The fourth-order valence-corrected chi connectivity index (χ4v) is 2.75. The Hall–Kier alpha value is -0.555. The molecule has 0 radical (unpaired) electrons. The maximum absolute atomic E-state index is 9.29. The molecular formula is C12H9BClIO2. The van der Waals surface area contributed by atoms with E-state index in [1.54, 1.807) is 6.07 Å². The molecule has 0 heterocycles. The van der Waals surface area contributed by atoms with Gasteiger partial charge in [0.2, 0.25) is 0 Å². The normalized spacial score (nSPS) is 10.4. The Bertz CT molecular complexity index is 532. The van der Waals surface area contributed by atoms with Crippen molar-refractivity contribution in [1.29, 1.82) is 0 Å². The van der Waals surface area contributed by atoms with E-state index in [0.29, 0.717) is 10.5 Å². The summed E-state index contributed by atoms with van der Waals surface area (Å²) in [6, 6.07) is 13.1. The summed E-state index contributed by atoms with van der Waals surface area (Å²) >= 11 is 8.09. The molecule has 0 aliphatic heterocycles. The van der Waals surface area contributed by atoms with Crippen LogP contribution in [0.1, 0.15) is 0 Å². The van der Waals surface area contributed by atoms with Crippen molar-refractivity contribution in [3.8, 4) is 11.1 Å². The van der Waals surface area contributed by atoms with E-state index in [9.17, 15) is 10.0 Å². The lowest BCUT2D eigenvalue weighted by atomic mass is 9.79. The highest BCUT2D eigenvalue weighted by molar-refractivity contribution is 14.1. The van der Waals surface area contributed by atoms with Crippen LogP contribution in [0.15, 0.2) is 42.5 Å². The molecule has 0 unspecified atom stereocenters. The fourth-order valence-electron chi connectivity index (χ4n) is 1.63. The molecule has 0 aromatic heterocycles. The predicted molar refractivity (Wildman–Crippen MR) is 79.4 cm³/mol. The van der Waals surface area contributed by atoms with Gasteiger partial charge in [-0.1, -0.05) is 41.9 Å². The molecule has 0 amide bonds. The first-order chi connectivity index (χ1) is 8.09. The molecule has 0 aliphatic carbocycles. The van der Waals surface area contributed by atoms with E-state index in [-0.39, 0.29) is 0 Å². The molecule has 0 bridgehead atoms. The Morgan fingerprint density at radius 3 is 2.29 bits per heavy atom. The molecule has 2 aromatic rings. The molecule has 2 aromatic carbocycles. The highest BCUT2D eigenvalue weighted by Crippen LogP contribution is 2.27. The van der Waals surface area contributed by atoms with E-state index >= 15 is 0 Å². The van der Waals surface area contributed by atoms with Gasteiger partial charge in [-0.2, -0.15) is 0 Å². The van der Waals surface area contributed by atoms with Crippen molar-refractivity contribution >= 4 is 46.8 Å². The molecule has 0 aliphatic rings. The van der Waals surface area contributed by atoms with E-state index in [4.69, 9.17) is 11.6 Å². The van der Waals surface area contributed by atoms with Crippen LogP contribution in [0, 0.1) is 3.57 Å². The van der Waals surface area contributed by atoms with Crippen LogP contribution in [0.3, 0.4) is 0 Å². The van der Waals surface area contributed by atoms with Gasteiger partial charge in [-0.25, -0.2) is 0 Å². The van der Waals surface area contributed by atoms with Gasteiger partial charge in [-0.3, -0.25) is 0 Å². The molecule has 86 valence electrons. The van der Waals surface area contributed by atoms with Crippen molar-refractivity contribution < 1.29 is 10.0 Å². The lowest BCUT2D eigenvalue weighted by molar-refractivity contribution is 0.425. The maximum Gasteiger partial charge on any atom is 0.489 e. The molecule has 0 saturated heterocycles. The third-order valence-electron chi connectivity index (χ3n) is 2.43. The van der Waals surface area contributed by atoms with Gasteiger partial charge in [0.05, 0.1) is 0 Å². The zero-order valence-electron chi connectivity index (χ0n) is 8.77. The monoisotopic (exact) mass is 358 g/mol. The van der Waals surface area contributed by atoms with Crippen molar-refractivity contribution in [3.05, 3.63) is 51.1 Å². The minimum absolute atomic E-state index is 0.428. The summed E-state index contributed by atoms with van der Waals surface area (Å²) in [5.41, 5.74) is 2.33.